The third-order valence-electron chi connectivity index (χ3n) is 4.56. The van der Waals surface area contributed by atoms with Crippen LogP contribution < -0.4 is 0 Å². The number of hydrogen-bond acceptors (Lipinski definition) is 4. The van der Waals surface area contributed by atoms with Gasteiger partial charge in [0.1, 0.15) is 11.5 Å². The Kier molecular flexibility index (Phi) is 4.41. The molecule has 1 saturated heterocycles. The van der Waals surface area contributed by atoms with Gasteiger partial charge in [0, 0.05) is 32.2 Å². The lowest BCUT2D eigenvalue weighted by atomic mass is 10.0. The maximum atomic E-state index is 13.3. The smallest absolute Gasteiger partial charge is 0.278 e. The van der Waals surface area contributed by atoms with Gasteiger partial charge in [-0.05, 0) is 38.6 Å². The number of hydrogen-bond donors (Lipinski definition) is 0. The Hall–Kier alpha value is -2.21. The zero-order valence-electron chi connectivity index (χ0n) is 14.3. The van der Waals surface area contributed by atoms with Gasteiger partial charge in [0.05, 0.1) is 5.57 Å². The van der Waals surface area contributed by atoms with Crippen LogP contribution in [0.4, 0.5) is 4.39 Å². The molecule has 6 heteroatoms. The lowest BCUT2D eigenvalue weighted by molar-refractivity contribution is -0.139. The number of benzene rings is 1. The minimum Gasteiger partial charge on any atom is -0.364 e. The molecule has 3 rings (SSSR count). The summed E-state index contributed by atoms with van der Waals surface area (Å²) in [6.45, 7) is 6.71. The summed E-state index contributed by atoms with van der Waals surface area (Å²) in [6, 6.07) is 5.55. The normalized spacial score (nSPS) is 19.9. The van der Waals surface area contributed by atoms with Gasteiger partial charge in [0.15, 0.2) is 0 Å². The predicted octanol–water partition coefficient (Wildman–Crippen LogP) is 1.56. The summed E-state index contributed by atoms with van der Waals surface area (Å²) < 4.78 is 13.3. The van der Waals surface area contributed by atoms with Crippen LogP contribution in [0.2, 0.25) is 0 Å². The van der Waals surface area contributed by atoms with E-state index in [0.717, 1.165) is 13.1 Å². The van der Waals surface area contributed by atoms with Crippen molar-refractivity contribution in [2.24, 2.45) is 0 Å². The van der Waals surface area contributed by atoms with E-state index < -0.39 is 0 Å². The van der Waals surface area contributed by atoms with Gasteiger partial charge in [-0.15, -0.1) is 0 Å². The Morgan fingerprint density at radius 3 is 2.08 bits per heavy atom. The molecule has 2 aliphatic heterocycles. The summed E-state index contributed by atoms with van der Waals surface area (Å²) in [7, 11) is 2.04. The summed E-state index contributed by atoms with van der Waals surface area (Å²) >= 11 is 0. The monoisotopic (exact) mass is 331 g/mol. The number of halogens is 1. The molecule has 0 unspecified atom stereocenters. The summed E-state index contributed by atoms with van der Waals surface area (Å²) in [5, 5.41) is 0. The highest BCUT2D eigenvalue weighted by Crippen LogP contribution is 2.33. The number of piperazine rings is 1. The zero-order valence-corrected chi connectivity index (χ0v) is 14.3. The van der Waals surface area contributed by atoms with E-state index in [1.807, 2.05) is 25.8 Å². The lowest BCUT2D eigenvalue weighted by Crippen LogP contribution is -2.46. The van der Waals surface area contributed by atoms with Crippen LogP contribution >= 0.6 is 0 Å². The van der Waals surface area contributed by atoms with Gasteiger partial charge in [-0.1, -0.05) is 12.1 Å². The number of imide groups is 1. The van der Waals surface area contributed by atoms with E-state index in [1.54, 1.807) is 12.1 Å². The third-order valence-corrected chi connectivity index (χ3v) is 4.56. The maximum Gasteiger partial charge on any atom is 0.278 e. The van der Waals surface area contributed by atoms with E-state index in [9.17, 15) is 14.0 Å². The van der Waals surface area contributed by atoms with Gasteiger partial charge < -0.3 is 9.80 Å². The van der Waals surface area contributed by atoms with Crippen molar-refractivity contribution in [2.45, 2.75) is 19.9 Å². The third kappa shape index (κ3) is 2.82. The fourth-order valence-electron chi connectivity index (χ4n) is 3.20. The lowest BCUT2D eigenvalue weighted by Gasteiger charge is -2.34. The van der Waals surface area contributed by atoms with Crippen LogP contribution in [0.25, 0.3) is 5.57 Å². The van der Waals surface area contributed by atoms with Crippen molar-refractivity contribution in [3.8, 4) is 0 Å². The molecule has 5 nitrogen and oxygen atoms in total. The van der Waals surface area contributed by atoms with E-state index >= 15 is 0 Å². The number of likely N-dealkylation sites (N-methyl/N-ethyl adjacent to an activating group) is 1. The molecule has 2 heterocycles. The van der Waals surface area contributed by atoms with Crippen LogP contribution in [-0.2, 0) is 9.59 Å². The molecule has 1 fully saturated rings. The van der Waals surface area contributed by atoms with Crippen molar-refractivity contribution in [3.63, 3.8) is 0 Å². The number of amides is 2. The largest absolute Gasteiger partial charge is 0.364 e. The number of carbonyl (C=O) groups excluding carboxylic acids is 2. The fourth-order valence-corrected chi connectivity index (χ4v) is 3.20. The number of rotatable bonds is 3. The molecule has 0 N–H and O–H groups in total. The van der Waals surface area contributed by atoms with Crippen molar-refractivity contribution in [3.05, 3.63) is 41.3 Å². The van der Waals surface area contributed by atoms with Crippen molar-refractivity contribution in [1.29, 1.82) is 0 Å². The quantitative estimate of drug-likeness (QED) is 0.789. The second kappa shape index (κ2) is 6.36. The number of nitrogens with zero attached hydrogens (tertiary/aromatic N) is 3. The van der Waals surface area contributed by atoms with Gasteiger partial charge in [-0.3, -0.25) is 14.5 Å². The average molecular weight is 331 g/mol. The molecule has 128 valence electrons. The minimum absolute atomic E-state index is 0.217. The predicted molar refractivity (Wildman–Crippen MR) is 89.4 cm³/mol. The highest BCUT2D eigenvalue weighted by Gasteiger charge is 2.43. The molecule has 2 amide bonds. The van der Waals surface area contributed by atoms with Gasteiger partial charge in [0.25, 0.3) is 11.8 Å². The Bertz CT molecular complexity index is 689. The van der Waals surface area contributed by atoms with Crippen LogP contribution in [0.5, 0.6) is 0 Å². The molecule has 24 heavy (non-hydrogen) atoms. The standard InChI is InChI=1S/C18H22FN3O2/c1-12(2)22-17(23)15(13-4-6-14(19)7-5-13)16(18(22)24)21-10-8-20(3)9-11-21/h4-7,12H,8-11H2,1-3H3. The SMILES string of the molecule is CC(C)N1C(=O)C(c2ccc(F)cc2)=C(N2CCN(C)CC2)C1=O. The summed E-state index contributed by atoms with van der Waals surface area (Å²) in [5.41, 5.74) is 1.43. The first-order valence-corrected chi connectivity index (χ1v) is 8.21. The Labute approximate surface area is 141 Å². The maximum absolute atomic E-state index is 13.3. The van der Waals surface area contributed by atoms with Crippen LogP contribution in [0.15, 0.2) is 30.0 Å². The highest BCUT2D eigenvalue weighted by atomic mass is 19.1. The highest BCUT2D eigenvalue weighted by molar-refractivity contribution is 6.35. The second-order valence-corrected chi connectivity index (χ2v) is 6.59. The first-order valence-electron chi connectivity index (χ1n) is 8.21. The molecular weight excluding hydrogens is 309 g/mol. The van der Waals surface area contributed by atoms with Crippen molar-refractivity contribution in [1.82, 2.24) is 14.7 Å². The van der Waals surface area contributed by atoms with E-state index in [-0.39, 0.29) is 23.7 Å². The first kappa shape index (κ1) is 16.6. The second-order valence-electron chi connectivity index (χ2n) is 6.59. The first-order chi connectivity index (χ1) is 11.4. The Morgan fingerprint density at radius 2 is 1.54 bits per heavy atom. The molecule has 2 aliphatic rings. The topological polar surface area (TPSA) is 43.9 Å². The van der Waals surface area contributed by atoms with E-state index in [4.69, 9.17) is 0 Å². The van der Waals surface area contributed by atoms with Crippen molar-refractivity contribution in [2.75, 3.05) is 33.2 Å². The molecule has 0 atom stereocenters. The zero-order chi connectivity index (χ0) is 17.4. The molecular formula is C18H22FN3O2. The van der Waals surface area contributed by atoms with Gasteiger partial charge in [0.2, 0.25) is 0 Å². The molecule has 0 saturated carbocycles. The molecule has 0 radical (unpaired) electrons. The van der Waals surface area contributed by atoms with E-state index in [2.05, 4.69) is 4.90 Å². The van der Waals surface area contributed by atoms with Gasteiger partial charge in [-0.25, -0.2) is 4.39 Å². The number of carbonyl (C=O) groups is 2. The van der Waals surface area contributed by atoms with E-state index in [0.29, 0.717) is 29.9 Å². The summed E-state index contributed by atoms with van der Waals surface area (Å²) in [6.07, 6.45) is 0. The average Bonchev–Trinajstić information content (AvgIpc) is 2.80. The Balaban J connectivity index is 2.07. The van der Waals surface area contributed by atoms with E-state index in [1.165, 1.54) is 17.0 Å². The fraction of sp³-hybridized carbons (Fsp3) is 0.444. The van der Waals surface area contributed by atoms with Crippen LogP contribution in [0.3, 0.4) is 0 Å². The molecule has 0 aliphatic carbocycles. The molecule has 1 aromatic carbocycles. The van der Waals surface area contributed by atoms with Gasteiger partial charge in [-0.2, -0.15) is 0 Å². The molecule has 1 aromatic rings. The van der Waals surface area contributed by atoms with Crippen LogP contribution in [0, 0.1) is 5.82 Å². The van der Waals surface area contributed by atoms with Crippen LogP contribution in [0.1, 0.15) is 19.4 Å². The summed E-state index contributed by atoms with van der Waals surface area (Å²) in [5.74, 6) is -0.910. The summed E-state index contributed by atoms with van der Waals surface area (Å²) in [4.78, 5) is 31.3. The molecule has 0 aromatic heterocycles. The van der Waals surface area contributed by atoms with Crippen molar-refractivity contribution < 1.29 is 14.0 Å². The Morgan fingerprint density at radius 1 is 0.958 bits per heavy atom. The minimum atomic E-state index is -0.363. The molecule has 0 bridgehead atoms. The molecule has 0 spiro atoms. The van der Waals surface area contributed by atoms with Gasteiger partial charge >= 0.3 is 0 Å². The van der Waals surface area contributed by atoms with Crippen LogP contribution in [-0.4, -0.2) is 65.8 Å². The van der Waals surface area contributed by atoms with Crippen molar-refractivity contribution >= 4 is 17.4 Å².